The minimum Gasteiger partial charge on any atom is -0.345 e. The second kappa shape index (κ2) is 5.54. The maximum atomic E-state index is 13.4. The molecule has 0 radical (unpaired) electrons. The lowest BCUT2D eigenvalue weighted by Gasteiger charge is -2.26. The Kier molecular flexibility index (Phi) is 3.25. The van der Waals surface area contributed by atoms with Crippen molar-refractivity contribution in [1.29, 1.82) is 0 Å². The lowest BCUT2D eigenvalue weighted by atomic mass is 9.98. The molecule has 6 heteroatoms. The van der Waals surface area contributed by atoms with E-state index in [9.17, 15) is 4.79 Å². The number of hydrogen-bond donors (Lipinski definition) is 1. The summed E-state index contributed by atoms with van der Waals surface area (Å²) >= 11 is 0. The van der Waals surface area contributed by atoms with Crippen LogP contribution in [0.2, 0.25) is 0 Å². The van der Waals surface area contributed by atoms with E-state index in [1.54, 1.807) is 11.0 Å². The zero-order chi connectivity index (χ0) is 18.7. The normalized spacial score (nSPS) is 16.3. The van der Waals surface area contributed by atoms with Gasteiger partial charge in [0.25, 0.3) is 5.91 Å². The molecular formula is C21H19N5O. The molecule has 27 heavy (non-hydrogen) atoms. The molecule has 134 valence electrons. The van der Waals surface area contributed by atoms with Crippen LogP contribution in [0.4, 0.5) is 5.69 Å². The smallest absolute Gasteiger partial charge is 0.277 e. The molecule has 0 bridgehead atoms. The second-order valence-corrected chi connectivity index (χ2v) is 7.06. The first-order chi connectivity index (χ1) is 13.0. The molecule has 6 nitrogen and oxygen atoms in total. The standard InChI is InChI=1S/C21H19N5O/c1-12-4-6-14(7-5-12)19-18-13(2)24-25(3)20(18)21(27)26(19)15-8-9-16-17(10-15)23-11-22-16/h4-11,19H,1-3H3,(H,22,23). The first-order valence-corrected chi connectivity index (χ1v) is 8.91. The van der Waals surface area contributed by atoms with Gasteiger partial charge in [-0.3, -0.25) is 14.4 Å². The fraction of sp³-hybridized carbons (Fsp3) is 0.190. The van der Waals surface area contributed by atoms with Crippen LogP contribution in [0.1, 0.15) is 38.9 Å². The quantitative estimate of drug-likeness (QED) is 0.595. The maximum absolute atomic E-state index is 13.4. The molecule has 4 aromatic rings. The molecule has 1 aliphatic heterocycles. The van der Waals surface area contributed by atoms with Crippen LogP contribution in [-0.4, -0.2) is 25.7 Å². The van der Waals surface area contributed by atoms with Crippen LogP contribution in [0, 0.1) is 13.8 Å². The van der Waals surface area contributed by atoms with E-state index in [-0.39, 0.29) is 11.9 Å². The number of nitrogens with zero attached hydrogens (tertiary/aromatic N) is 4. The molecule has 5 rings (SSSR count). The van der Waals surface area contributed by atoms with Crippen molar-refractivity contribution in [3.63, 3.8) is 0 Å². The summed E-state index contributed by atoms with van der Waals surface area (Å²) in [4.78, 5) is 22.7. The highest BCUT2D eigenvalue weighted by atomic mass is 16.2. The summed E-state index contributed by atoms with van der Waals surface area (Å²) in [5, 5.41) is 4.50. The van der Waals surface area contributed by atoms with E-state index >= 15 is 0 Å². The third-order valence-corrected chi connectivity index (χ3v) is 5.30. The van der Waals surface area contributed by atoms with Gasteiger partial charge in [-0.2, -0.15) is 5.10 Å². The molecular weight excluding hydrogens is 338 g/mol. The van der Waals surface area contributed by atoms with Gasteiger partial charge >= 0.3 is 0 Å². The maximum Gasteiger partial charge on any atom is 0.277 e. The fourth-order valence-electron chi connectivity index (χ4n) is 4.02. The van der Waals surface area contributed by atoms with Crippen LogP contribution in [0.25, 0.3) is 11.0 Å². The molecule has 2 aromatic carbocycles. The zero-order valence-electron chi connectivity index (χ0n) is 15.4. The third kappa shape index (κ3) is 2.23. The van der Waals surface area contributed by atoms with Gasteiger partial charge in [-0.1, -0.05) is 29.8 Å². The Hall–Kier alpha value is -3.41. The Morgan fingerprint density at radius 1 is 1.07 bits per heavy atom. The van der Waals surface area contributed by atoms with E-state index in [2.05, 4.69) is 46.3 Å². The first-order valence-electron chi connectivity index (χ1n) is 8.91. The average Bonchev–Trinajstić information content (AvgIpc) is 3.31. The summed E-state index contributed by atoms with van der Waals surface area (Å²) in [6.07, 6.45) is 1.67. The fourth-order valence-corrected chi connectivity index (χ4v) is 4.02. The van der Waals surface area contributed by atoms with Gasteiger partial charge in [-0.15, -0.1) is 0 Å². The summed E-state index contributed by atoms with van der Waals surface area (Å²) in [5.41, 5.74) is 7.43. The number of benzene rings is 2. The molecule has 1 aliphatic rings. The van der Waals surface area contributed by atoms with E-state index in [0.717, 1.165) is 33.5 Å². The molecule has 1 atom stereocenters. The Labute approximate surface area is 156 Å². The monoisotopic (exact) mass is 357 g/mol. The number of amides is 1. The number of aryl methyl sites for hydroxylation is 3. The predicted octanol–water partition coefficient (Wildman–Crippen LogP) is 3.66. The van der Waals surface area contributed by atoms with Crippen molar-refractivity contribution in [3.8, 4) is 0 Å². The molecule has 0 saturated heterocycles. The number of aromatic amines is 1. The largest absolute Gasteiger partial charge is 0.345 e. The number of nitrogens with one attached hydrogen (secondary N) is 1. The Morgan fingerprint density at radius 2 is 1.85 bits per heavy atom. The number of imidazole rings is 1. The SMILES string of the molecule is Cc1ccc(C2c3c(C)nn(C)c3C(=O)N2c2ccc3nc[nH]c3c2)cc1. The molecule has 0 saturated carbocycles. The molecule has 0 aliphatic carbocycles. The van der Waals surface area contributed by atoms with Gasteiger partial charge in [0.1, 0.15) is 5.69 Å². The van der Waals surface area contributed by atoms with E-state index in [4.69, 9.17) is 0 Å². The van der Waals surface area contributed by atoms with Crippen molar-refractivity contribution >= 4 is 22.6 Å². The summed E-state index contributed by atoms with van der Waals surface area (Å²) in [5.74, 6) is -0.0301. The highest BCUT2D eigenvalue weighted by Gasteiger charge is 2.43. The van der Waals surface area contributed by atoms with Gasteiger partial charge < -0.3 is 4.98 Å². The van der Waals surface area contributed by atoms with Crippen molar-refractivity contribution in [2.75, 3.05) is 4.90 Å². The van der Waals surface area contributed by atoms with Crippen molar-refractivity contribution < 1.29 is 4.79 Å². The predicted molar refractivity (Wildman–Crippen MR) is 104 cm³/mol. The number of H-pyrrole nitrogens is 1. The lowest BCUT2D eigenvalue weighted by Crippen LogP contribution is -2.30. The van der Waals surface area contributed by atoms with Crippen LogP contribution in [-0.2, 0) is 7.05 Å². The zero-order valence-corrected chi connectivity index (χ0v) is 15.4. The second-order valence-electron chi connectivity index (χ2n) is 7.06. The summed E-state index contributed by atoms with van der Waals surface area (Å²) in [6.45, 7) is 4.03. The number of anilines is 1. The number of carbonyl (C=O) groups is 1. The Bertz CT molecular complexity index is 1190. The van der Waals surface area contributed by atoms with Crippen LogP contribution in [0.15, 0.2) is 48.8 Å². The number of carbonyl (C=O) groups excluding carboxylic acids is 1. The number of hydrogen-bond acceptors (Lipinski definition) is 3. The molecule has 1 N–H and O–H groups in total. The van der Waals surface area contributed by atoms with Gasteiger partial charge in [0.05, 0.1) is 29.1 Å². The van der Waals surface area contributed by atoms with Crippen LogP contribution >= 0.6 is 0 Å². The summed E-state index contributed by atoms with van der Waals surface area (Å²) in [7, 11) is 1.83. The van der Waals surface area contributed by atoms with E-state index in [1.807, 2.05) is 37.1 Å². The Morgan fingerprint density at radius 3 is 2.63 bits per heavy atom. The van der Waals surface area contributed by atoms with Gasteiger partial charge in [0, 0.05) is 18.3 Å². The summed E-state index contributed by atoms with van der Waals surface area (Å²) < 4.78 is 1.70. The number of rotatable bonds is 2. The van der Waals surface area contributed by atoms with Crippen molar-refractivity contribution in [1.82, 2.24) is 19.7 Å². The van der Waals surface area contributed by atoms with E-state index in [1.165, 1.54) is 5.56 Å². The number of aromatic nitrogens is 4. The van der Waals surface area contributed by atoms with Crippen LogP contribution in [0.5, 0.6) is 0 Å². The minimum atomic E-state index is -0.192. The van der Waals surface area contributed by atoms with Crippen molar-refractivity contribution in [2.45, 2.75) is 19.9 Å². The lowest BCUT2D eigenvalue weighted by molar-refractivity contribution is 0.0985. The molecule has 0 fully saturated rings. The van der Waals surface area contributed by atoms with Gasteiger partial charge in [0.15, 0.2) is 0 Å². The first kappa shape index (κ1) is 15.8. The van der Waals surface area contributed by atoms with E-state index in [0.29, 0.717) is 5.69 Å². The highest BCUT2D eigenvalue weighted by Crippen LogP contribution is 2.43. The van der Waals surface area contributed by atoms with Crippen LogP contribution < -0.4 is 4.90 Å². The van der Waals surface area contributed by atoms with Gasteiger partial charge in [-0.05, 0) is 37.6 Å². The van der Waals surface area contributed by atoms with Crippen LogP contribution in [0.3, 0.4) is 0 Å². The topological polar surface area (TPSA) is 66.8 Å². The van der Waals surface area contributed by atoms with Crippen molar-refractivity contribution in [2.24, 2.45) is 7.05 Å². The van der Waals surface area contributed by atoms with Gasteiger partial charge in [-0.25, -0.2) is 4.98 Å². The van der Waals surface area contributed by atoms with Crippen molar-refractivity contribution in [3.05, 3.63) is 76.9 Å². The molecule has 1 unspecified atom stereocenters. The molecule has 3 heterocycles. The van der Waals surface area contributed by atoms with E-state index < -0.39 is 0 Å². The molecule has 0 spiro atoms. The molecule has 2 aromatic heterocycles. The number of fused-ring (bicyclic) bond motifs is 2. The summed E-state index contributed by atoms with van der Waals surface area (Å²) in [6, 6.07) is 14.0. The highest BCUT2D eigenvalue weighted by molar-refractivity contribution is 6.11. The Balaban J connectivity index is 1.74. The van der Waals surface area contributed by atoms with Gasteiger partial charge in [0.2, 0.25) is 0 Å². The third-order valence-electron chi connectivity index (χ3n) is 5.30. The minimum absolute atomic E-state index is 0.0301. The average molecular weight is 357 g/mol. The molecule has 1 amide bonds.